The van der Waals surface area contributed by atoms with Gasteiger partial charge in [0.2, 0.25) is 5.91 Å². The maximum Gasteiger partial charge on any atom is 0.310 e. The summed E-state index contributed by atoms with van der Waals surface area (Å²) in [5, 5.41) is 11.9. The van der Waals surface area contributed by atoms with Crippen molar-refractivity contribution in [3.63, 3.8) is 0 Å². The Morgan fingerprint density at radius 1 is 1.50 bits per heavy atom. The summed E-state index contributed by atoms with van der Waals surface area (Å²) in [5.41, 5.74) is -1.02. The van der Waals surface area contributed by atoms with Crippen LogP contribution in [0.2, 0.25) is 0 Å². The average Bonchev–Trinajstić information content (AvgIpc) is 2.28. The molecule has 4 nitrogen and oxygen atoms in total. The van der Waals surface area contributed by atoms with Gasteiger partial charge in [-0.05, 0) is 12.8 Å². The number of carbonyl (C=O) groups excluding carboxylic acids is 1. The predicted molar refractivity (Wildman–Crippen MR) is 74.4 cm³/mol. The zero-order chi connectivity index (χ0) is 14.2. The van der Waals surface area contributed by atoms with Gasteiger partial charge in [-0.2, -0.15) is 0 Å². The van der Waals surface area contributed by atoms with Gasteiger partial charge in [-0.3, -0.25) is 9.59 Å². The SMILES string of the molecule is C#CCSCCNC(=O)CC(C)(C(=O)O)C(C)C. The van der Waals surface area contributed by atoms with Crippen molar-refractivity contribution in [3.05, 3.63) is 0 Å². The van der Waals surface area contributed by atoms with E-state index in [0.29, 0.717) is 12.3 Å². The van der Waals surface area contributed by atoms with E-state index in [1.54, 1.807) is 18.7 Å². The number of thioether (sulfide) groups is 1. The topological polar surface area (TPSA) is 66.4 Å². The van der Waals surface area contributed by atoms with Gasteiger partial charge in [-0.15, -0.1) is 18.2 Å². The molecule has 0 aromatic heterocycles. The molecule has 0 fully saturated rings. The first kappa shape index (κ1) is 16.9. The van der Waals surface area contributed by atoms with Crippen molar-refractivity contribution in [2.45, 2.75) is 27.2 Å². The van der Waals surface area contributed by atoms with Gasteiger partial charge < -0.3 is 10.4 Å². The van der Waals surface area contributed by atoms with Gasteiger partial charge in [0.05, 0.1) is 11.2 Å². The van der Waals surface area contributed by atoms with Crippen molar-refractivity contribution < 1.29 is 14.7 Å². The molecule has 0 aromatic carbocycles. The first-order valence-electron chi connectivity index (χ1n) is 5.86. The Morgan fingerprint density at radius 3 is 2.56 bits per heavy atom. The standard InChI is InChI=1S/C13H21NO3S/c1-5-7-18-8-6-14-11(15)9-13(4,10(2)3)12(16)17/h1,10H,6-9H2,2-4H3,(H,14,15)(H,16,17). The Kier molecular flexibility index (Phi) is 7.53. The molecule has 0 rings (SSSR count). The van der Waals surface area contributed by atoms with E-state index >= 15 is 0 Å². The summed E-state index contributed by atoms with van der Waals surface area (Å²) in [6, 6.07) is 0. The molecule has 0 heterocycles. The number of hydrogen-bond donors (Lipinski definition) is 2. The summed E-state index contributed by atoms with van der Waals surface area (Å²) in [7, 11) is 0. The number of carbonyl (C=O) groups is 2. The van der Waals surface area contributed by atoms with Gasteiger partial charge in [-0.1, -0.05) is 19.8 Å². The Balaban J connectivity index is 4.13. The highest BCUT2D eigenvalue weighted by molar-refractivity contribution is 7.99. The fourth-order valence-corrected chi connectivity index (χ4v) is 1.83. The van der Waals surface area contributed by atoms with Gasteiger partial charge in [0.15, 0.2) is 0 Å². The summed E-state index contributed by atoms with van der Waals surface area (Å²) < 4.78 is 0. The predicted octanol–water partition coefficient (Wildman–Crippen LogP) is 1.61. The summed E-state index contributed by atoms with van der Waals surface area (Å²) in [4.78, 5) is 22.9. The Labute approximate surface area is 113 Å². The van der Waals surface area contributed by atoms with E-state index in [2.05, 4.69) is 11.2 Å². The van der Waals surface area contributed by atoms with Crippen molar-refractivity contribution >= 4 is 23.6 Å². The van der Waals surface area contributed by atoms with Crippen LogP contribution >= 0.6 is 11.8 Å². The average molecular weight is 271 g/mol. The molecule has 5 heteroatoms. The van der Waals surface area contributed by atoms with E-state index in [-0.39, 0.29) is 18.2 Å². The number of carboxylic acids is 1. The van der Waals surface area contributed by atoms with Gasteiger partial charge in [-0.25, -0.2) is 0 Å². The smallest absolute Gasteiger partial charge is 0.310 e. The molecule has 0 bridgehead atoms. The first-order chi connectivity index (χ1) is 8.34. The molecule has 0 aliphatic rings. The summed E-state index contributed by atoms with van der Waals surface area (Å²) >= 11 is 1.56. The molecule has 0 spiro atoms. The third-order valence-electron chi connectivity index (χ3n) is 3.04. The molecule has 2 N–H and O–H groups in total. The Morgan fingerprint density at radius 2 is 2.11 bits per heavy atom. The number of rotatable bonds is 8. The van der Waals surface area contributed by atoms with Crippen molar-refractivity contribution in [1.82, 2.24) is 5.32 Å². The highest BCUT2D eigenvalue weighted by atomic mass is 32.2. The largest absolute Gasteiger partial charge is 0.481 e. The molecule has 0 radical (unpaired) electrons. The maximum atomic E-state index is 11.7. The van der Waals surface area contributed by atoms with E-state index in [1.807, 2.05) is 13.8 Å². The van der Waals surface area contributed by atoms with Crippen LogP contribution in [0.25, 0.3) is 0 Å². The van der Waals surface area contributed by atoms with Gasteiger partial charge in [0, 0.05) is 18.7 Å². The van der Waals surface area contributed by atoms with E-state index < -0.39 is 11.4 Å². The fraction of sp³-hybridized carbons (Fsp3) is 0.692. The van der Waals surface area contributed by atoms with E-state index in [4.69, 9.17) is 6.42 Å². The number of terminal acetylenes is 1. The lowest BCUT2D eigenvalue weighted by Gasteiger charge is -2.28. The minimum absolute atomic E-state index is 0.000193. The molecule has 0 saturated heterocycles. The highest BCUT2D eigenvalue weighted by Crippen LogP contribution is 2.31. The normalized spacial score (nSPS) is 13.7. The van der Waals surface area contributed by atoms with E-state index in [9.17, 15) is 14.7 Å². The van der Waals surface area contributed by atoms with E-state index in [1.165, 1.54) is 0 Å². The molecular formula is C13H21NO3S. The first-order valence-corrected chi connectivity index (χ1v) is 7.01. The van der Waals surface area contributed by atoms with Crippen LogP contribution in [-0.4, -0.2) is 35.0 Å². The zero-order valence-corrected chi connectivity index (χ0v) is 12.0. The molecular weight excluding hydrogens is 250 g/mol. The van der Waals surface area contributed by atoms with Crippen molar-refractivity contribution in [3.8, 4) is 12.3 Å². The molecule has 0 aromatic rings. The van der Waals surface area contributed by atoms with Crippen LogP contribution in [0, 0.1) is 23.7 Å². The number of aliphatic carboxylic acids is 1. The lowest BCUT2D eigenvalue weighted by molar-refractivity contribution is -0.153. The number of amides is 1. The quantitative estimate of drug-likeness (QED) is 0.520. The van der Waals surface area contributed by atoms with Crippen LogP contribution < -0.4 is 5.32 Å². The lowest BCUT2D eigenvalue weighted by Crippen LogP contribution is -2.39. The zero-order valence-electron chi connectivity index (χ0n) is 11.2. The van der Waals surface area contributed by atoms with Gasteiger partial charge >= 0.3 is 5.97 Å². The minimum atomic E-state index is -1.02. The van der Waals surface area contributed by atoms with Crippen LogP contribution in [0.1, 0.15) is 27.2 Å². The number of hydrogen-bond acceptors (Lipinski definition) is 3. The fourth-order valence-electron chi connectivity index (χ4n) is 1.32. The van der Waals surface area contributed by atoms with Gasteiger partial charge in [0.1, 0.15) is 0 Å². The molecule has 0 aliphatic heterocycles. The van der Waals surface area contributed by atoms with Crippen LogP contribution in [0.4, 0.5) is 0 Å². The second kappa shape index (κ2) is 8.04. The Hall–Kier alpha value is -1.15. The summed E-state index contributed by atoms with van der Waals surface area (Å²) in [5.74, 6) is 2.59. The van der Waals surface area contributed by atoms with Crippen molar-refractivity contribution in [2.24, 2.45) is 11.3 Å². The second-order valence-corrected chi connectivity index (χ2v) is 5.77. The second-order valence-electron chi connectivity index (χ2n) is 4.66. The number of carboxylic acid groups (broad SMARTS) is 1. The summed E-state index contributed by atoms with van der Waals surface area (Å²) in [6.07, 6.45) is 5.10. The summed E-state index contributed by atoms with van der Waals surface area (Å²) in [6.45, 7) is 5.74. The minimum Gasteiger partial charge on any atom is -0.481 e. The van der Waals surface area contributed by atoms with Crippen molar-refractivity contribution in [1.29, 1.82) is 0 Å². The Bertz CT molecular complexity index is 336. The highest BCUT2D eigenvalue weighted by Gasteiger charge is 2.38. The van der Waals surface area contributed by atoms with E-state index in [0.717, 1.165) is 5.75 Å². The molecule has 1 atom stereocenters. The molecule has 0 saturated carbocycles. The number of nitrogens with one attached hydrogen (secondary N) is 1. The third-order valence-corrected chi connectivity index (χ3v) is 3.91. The van der Waals surface area contributed by atoms with Gasteiger partial charge in [0.25, 0.3) is 0 Å². The molecule has 0 aliphatic carbocycles. The molecule has 1 amide bonds. The molecule has 1 unspecified atom stereocenters. The monoisotopic (exact) mass is 271 g/mol. The molecule has 18 heavy (non-hydrogen) atoms. The molecule has 102 valence electrons. The lowest BCUT2D eigenvalue weighted by atomic mass is 9.76. The maximum absolute atomic E-state index is 11.7. The third kappa shape index (κ3) is 5.46. The van der Waals surface area contributed by atoms with Crippen LogP contribution in [0.5, 0.6) is 0 Å². The van der Waals surface area contributed by atoms with Crippen LogP contribution in [-0.2, 0) is 9.59 Å². The van der Waals surface area contributed by atoms with Crippen LogP contribution in [0.15, 0.2) is 0 Å². The van der Waals surface area contributed by atoms with Crippen molar-refractivity contribution in [2.75, 3.05) is 18.1 Å². The van der Waals surface area contributed by atoms with Crippen LogP contribution in [0.3, 0.4) is 0 Å².